The maximum absolute atomic E-state index is 12.9. The number of hydrogen-bond donors (Lipinski definition) is 3. The van der Waals surface area contributed by atoms with Gasteiger partial charge in [0, 0.05) is 28.2 Å². The molecule has 0 spiro atoms. The minimum Gasteiger partial charge on any atom is -0.333 e. The van der Waals surface area contributed by atoms with Crippen LogP contribution in [0.5, 0.6) is 0 Å². The number of thiophene rings is 1. The number of allylic oxidation sites excluding steroid dienone is 1. The molecule has 34 heavy (non-hydrogen) atoms. The summed E-state index contributed by atoms with van der Waals surface area (Å²) in [5.74, 6) is -0.479. The third kappa shape index (κ3) is 4.90. The SMILES string of the molecule is C=C1CCC[C@H](N2Cc3c(csc3CNC(=O)Nc3ccc(C(F)(F)F)c(Cl)c3)C2=O)C(=O)N1. The number of amides is 4. The van der Waals surface area contributed by atoms with Gasteiger partial charge in [-0.2, -0.15) is 13.2 Å². The van der Waals surface area contributed by atoms with Gasteiger partial charge in [0.1, 0.15) is 6.04 Å². The first-order chi connectivity index (χ1) is 16.0. The molecule has 0 aliphatic carbocycles. The topological polar surface area (TPSA) is 90.5 Å². The molecule has 2 aliphatic rings. The van der Waals surface area contributed by atoms with E-state index in [4.69, 9.17) is 11.6 Å². The van der Waals surface area contributed by atoms with Crippen molar-refractivity contribution >= 4 is 46.5 Å². The lowest BCUT2D eigenvalue weighted by Crippen LogP contribution is -2.45. The van der Waals surface area contributed by atoms with Crippen molar-refractivity contribution in [2.24, 2.45) is 0 Å². The van der Waals surface area contributed by atoms with Gasteiger partial charge in [-0.3, -0.25) is 9.59 Å². The van der Waals surface area contributed by atoms with Crippen LogP contribution in [0.25, 0.3) is 0 Å². The molecule has 12 heteroatoms. The molecule has 180 valence electrons. The molecule has 0 saturated carbocycles. The molecule has 0 unspecified atom stereocenters. The second-order valence-corrected chi connectivity index (χ2v) is 9.36. The second-order valence-electron chi connectivity index (χ2n) is 7.99. The Balaban J connectivity index is 1.38. The minimum absolute atomic E-state index is 0.106. The third-order valence-electron chi connectivity index (χ3n) is 5.68. The summed E-state index contributed by atoms with van der Waals surface area (Å²) < 4.78 is 38.5. The minimum atomic E-state index is -4.59. The van der Waals surface area contributed by atoms with Gasteiger partial charge in [0.15, 0.2) is 0 Å². The smallest absolute Gasteiger partial charge is 0.333 e. The summed E-state index contributed by atoms with van der Waals surface area (Å²) in [6, 6.07) is 1.71. The molecule has 0 radical (unpaired) electrons. The normalized spacial score (nSPS) is 18.4. The van der Waals surface area contributed by atoms with Gasteiger partial charge in [-0.25, -0.2) is 4.79 Å². The molecule has 4 rings (SSSR count). The lowest BCUT2D eigenvalue weighted by Gasteiger charge is -2.25. The van der Waals surface area contributed by atoms with Crippen molar-refractivity contribution in [1.82, 2.24) is 15.5 Å². The Hall–Kier alpha value is -3.05. The highest BCUT2D eigenvalue weighted by Gasteiger charge is 2.39. The van der Waals surface area contributed by atoms with Gasteiger partial charge in [-0.05, 0) is 43.0 Å². The van der Waals surface area contributed by atoms with Crippen LogP contribution in [-0.4, -0.2) is 28.8 Å². The maximum Gasteiger partial charge on any atom is 0.417 e. The molecule has 7 nitrogen and oxygen atoms in total. The standard InChI is InChI=1S/C22H20ClF3N4O3S/c1-11-3-2-4-17(19(31)28-11)30-9-13-14(20(30)32)10-34-18(13)8-27-21(33)29-12-5-6-15(16(23)7-12)22(24,25)26/h5-7,10,17H,1-4,8-9H2,(H,28,31)(H2,27,29,33)/t17-/m0/s1. The number of urea groups is 1. The van der Waals surface area contributed by atoms with E-state index in [1.165, 1.54) is 11.3 Å². The summed E-state index contributed by atoms with van der Waals surface area (Å²) in [5.41, 5.74) is 1.01. The fourth-order valence-corrected chi connectivity index (χ4v) is 5.25. The number of hydrogen-bond acceptors (Lipinski definition) is 4. The molecule has 1 aromatic heterocycles. The summed E-state index contributed by atoms with van der Waals surface area (Å²) in [5, 5.41) is 9.00. The number of alkyl halides is 3. The molecule has 1 fully saturated rings. The molecular weight excluding hydrogens is 493 g/mol. The maximum atomic E-state index is 12.9. The van der Waals surface area contributed by atoms with E-state index < -0.39 is 28.8 Å². The number of nitrogens with one attached hydrogen (secondary N) is 3. The number of fused-ring (bicyclic) bond motifs is 1. The van der Waals surface area contributed by atoms with Crippen LogP contribution >= 0.6 is 22.9 Å². The highest BCUT2D eigenvalue weighted by Crippen LogP contribution is 2.36. The summed E-state index contributed by atoms with van der Waals surface area (Å²) in [6.07, 6.45) is -2.65. The van der Waals surface area contributed by atoms with Crippen LogP contribution in [0.15, 0.2) is 35.9 Å². The highest BCUT2D eigenvalue weighted by atomic mass is 35.5. The van der Waals surface area contributed by atoms with Crippen molar-refractivity contribution in [3.05, 3.63) is 62.4 Å². The predicted molar refractivity (Wildman–Crippen MR) is 121 cm³/mol. The van der Waals surface area contributed by atoms with Gasteiger partial charge in [-0.15, -0.1) is 11.3 Å². The highest BCUT2D eigenvalue weighted by molar-refractivity contribution is 7.10. The second kappa shape index (κ2) is 9.30. The summed E-state index contributed by atoms with van der Waals surface area (Å²) >= 11 is 6.99. The Labute approximate surface area is 202 Å². The van der Waals surface area contributed by atoms with Crippen molar-refractivity contribution in [2.75, 3.05) is 5.32 Å². The fraction of sp³-hybridized carbons (Fsp3) is 0.318. The average Bonchev–Trinajstić information content (AvgIpc) is 3.23. The van der Waals surface area contributed by atoms with Gasteiger partial charge in [-0.1, -0.05) is 18.2 Å². The monoisotopic (exact) mass is 512 g/mol. The molecule has 0 bridgehead atoms. The van der Waals surface area contributed by atoms with Crippen LogP contribution in [0.1, 0.15) is 45.6 Å². The van der Waals surface area contributed by atoms with Gasteiger partial charge in [0.2, 0.25) is 5.91 Å². The van der Waals surface area contributed by atoms with Crippen molar-refractivity contribution in [3.8, 4) is 0 Å². The summed E-state index contributed by atoms with van der Waals surface area (Å²) in [4.78, 5) is 40.0. The van der Waals surface area contributed by atoms with Crippen molar-refractivity contribution in [3.63, 3.8) is 0 Å². The van der Waals surface area contributed by atoms with Gasteiger partial charge >= 0.3 is 12.2 Å². The fourth-order valence-electron chi connectivity index (χ4n) is 3.99. The quantitative estimate of drug-likeness (QED) is 0.545. The molecule has 1 saturated heterocycles. The van der Waals surface area contributed by atoms with Crippen LogP contribution in [-0.2, 0) is 24.1 Å². The van der Waals surface area contributed by atoms with Crippen LogP contribution in [0, 0.1) is 0 Å². The van der Waals surface area contributed by atoms with Crippen LogP contribution < -0.4 is 16.0 Å². The summed E-state index contributed by atoms with van der Waals surface area (Å²) in [7, 11) is 0. The average molecular weight is 513 g/mol. The van der Waals surface area contributed by atoms with E-state index in [1.807, 2.05) is 0 Å². The largest absolute Gasteiger partial charge is 0.417 e. The Morgan fingerprint density at radius 1 is 1.32 bits per heavy atom. The van der Waals surface area contributed by atoms with E-state index in [0.29, 0.717) is 24.1 Å². The molecule has 2 aliphatic heterocycles. The van der Waals surface area contributed by atoms with Crippen LogP contribution in [0.3, 0.4) is 0 Å². The molecule has 3 heterocycles. The first-order valence-electron chi connectivity index (χ1n) is 10.3. The van der Waals surface area contributed by atoms with E-state index in [2.05, 4.69) is 22.5 Å². The lowest BCUT2D eigenvalue weighted by molar-refractivity contribution is -0.137. The summed E-state index contributed by atoms with van der Waals surface area (Å²) in [6.45, 7) is 4.17. The number of nitrogens with zero attached hydrogens (tertiary/aromatic N) is 1. The van der Waals surface area contributed by atoms with Crippen LogP contribution in [0.4, 0.5) is 23.7 Å². The zero-order chi connectivity index (χ0) is 24.6. The number of rotatable bonds is 4. The molecule has 2 aromatic rings. The van der Waals surface area contributed by atoms with Crippen LogP contribution in [0.2, 0.25) is 5.02 Å². The number of halogens is 4. The molecule has 3 N–H and O–H groups in total. The first kappa shape index (κ1) is 24.1. The molecule has 1 aromatic carbocycles. The first-order valence-corrected chi connectivity index (χ1v) is 11.6. The Kier molecular flexibility index (Phi) is 6.59. The molecule has 1 atom stereocenters. The van der Waals surface area contributed by atoms with E-state index in [0.717, 1.165) is 35.1 Å². The number of benzene rings is 1. The number of carbonyl (C=O) groups is 3. The predicted octanol–water partition coefficient (Wildman–Crippen LogP) is 4.88. The van der Waals surface area contributed by atoms with E-state index >= 15 is 0 Å². The third-order valence-corrected chi connectivity index (χ3v) is 7.02. The van der Waals surface area contributed by atoms with Crippen molar-refractivity contribution in [1.29, 1.82) is 0 Å². The number of carbonyl (C=O) groups excluding carboxylic acids is 3. The Morgan fingerprint density at radius 3 is 2.79 bits per heavy atom. The van der Waals surface area contributed by atoms with E-state index in [-0.39, 0.29) is 30.6 Å². The number of anilines is 1. The zero-order valence-electron chi connectivity index (χ0n) is 17.7. The lowest BCUT2D eigenvalue weighted by atomic mass is 10.1. The van der Waals surface area contributed by atoms with Crippen molar-refractivity contribution < 1.29 is 27.6 Å². The molecular formula is C22H20ClF3N4O3S. The molecule has 4 amide bonds. The van der Waals surface area contributed by atoms with Gasteiger partial charge in [0.05, 0.1) is 22.7 Å². The Bertz CT molecular complexity index is 1180. The zero-order valence-corrected chi connectivity index (χ0v) is 19.3. The van der Waals surface area contributed by atoms with Gasteiger partial charge < -0.3 is 20.9 Å². The van der Waals surface area contributed by atoms with E-state index in [1.54, 1.807) is 10.3 Å². The van der Waals surface area contributed by atoms with Crippen molar-refractivity contribution in [2.45, 2.75) is 44.6 Å². The van der Waals surface area contributed by atoms with E-state index in [9.17, 15) is 27.6 Å². The van der Waals surface area contributed by atoms with Gasteiger partial charge in [0.25, 0.3) is 5.91 Å². The Morgan fingerprint density at radius 2 is 2.09 bits per heavy atom.